The van der Waals surface area contributed by atoms with Crippen LogP contribution in [0.4, 0.5) is 22.1 Å². The predicted octanol–water partition coefficient (Wildman–Crippen LogP) is 5.96. The number of hydrogen-bond acceptors (Lipinski definition) is 9. The van der Waals surface area contributed by atoms with Gasteiger partial charge in [-0.05, 0) is 57.0 Å². The van der Waals surface area contributed by atoms with Crippen LogP contribution in [0.2, 0.25) is 0 Å². The second-order valence-electron chi connectivity index (χ2n) is 7.72. The monoisotopic (exact) mass is 495 g/mol. The number of carbonyl (C=O) groups is 2. The van der Waals surface area contributed by atoms with Crippen molar-refractivity contribution in [2.45, 2.75) is 40.5 Å². The lowest BCUT2D eigenvalue weighted by molar-refractivity contribution is -0.146. The number of Topliss-reactive ketones (excluding diaryl/α,β-unsaturated/α-hetero) is 1. The van der Waals surface area contributed by atoms with Gasteiger partial charge in [-0.15, -0.1) is 11.3 Å². The number of hydrogen-bond donors (Lipinski definition) is 0. The van der Waals surface area contributed by atoms with Gasteiger partial charge in [-0.25, -0.2) is 4.85 Å². The van der Waals surface area contributed by atoms with Crippen LogP contribution in [0.1, 0.15) is 42.7 Å². The number of benzene rings is 1. The Balaban J connectivity index is 1.89. The first kappa shape index (κ1) is 27.6. The molecule has 35 heavy (non-hydrogen) atoms. The largest absolute Gasteiger partial charge is 0.463 e. The van der Waals surface area contributed by atoms with Gasteiger partial charge in [0.25, 0.3) is 0 Å². The highest BCUT2D eigenvalue weighted by Gasteiger charge is 2.15. The van der Waals surface area contributed by atoms with Crippen LogP contribution in [0.25, 0.3) is 4.85 Å². The lowest BCUT2D eigenvalue weighted by atomic mass is 10.1. The third kappa shape index (κ3) is 8.29. The Morgan fingerprint density at radius 3 is 2.60 bits per heavy atom. The Hall–Kier alpha value is -3.60. The topological polar surface area (TPSA) is 109 Å². The third-order valence-corrected chi connectivity index (χ3v) is 6.23. The molecule has 0 amide bonds. The normalized spacial score (nSPS) is 10.7. The molecule has 0 unspecified atom stereocenters. The smallest absolute Gasteiger partial charge is 0.306 e. The summed E-state index contributed by atoms with van der Waals surface area (Å²) >= 11 is 1.17. The molecule has 0 saturated heterocycles. The number of ketones is 1. The second kappa shape index (κ2) is 14.0. The molecule has 1 aromatic heterocycles. The number of esters is 1. The van der Waals surface area contributed by atoms with Crippen LogP contribution in [0.5, 0.6) is 0 Å². The lowest BCUT2D eigenvalue weighted by Gasteiger charge is -2.23. The first-order valence-corrected chi connectivity index (χ1v) is 12.0. The highest BCUT2D eigenvalue weighted by Crippen LogP contribution is 2.42. The molecule has 0 N–H and O–H groups in total. The van der Waals surface area contributed by atoms with Crippen molar-refractivity contribution in [1.29, 1.82) is 5.26 Å². The van der Waals surface area contributed by atoms with E-state index in [0.29, 0.717) is 46.6 Å². The van der Waals surface area contributed by atoms with Gasteiger partial charge in [-0.2, -0.15) is 15.5 Å². The van der Waals surface area contributed by atoms with Gasteiger partial charge in [0.1, 0.15) is 23.5 Å². The van der Waals surface area contributed by atoms with E-state index in [4.69, 9.17) is 16.0 Å². The van der Waals surface area contributed by atoms with Crippen LogP contribution in [0.15, 0.2) is 28.4 Å². The zero-order valence-corrected chi connectivity index (χ0v) is 21.3. The van der Waals surface area contributed by atoms with E-state index in [-0.39, 0.29) is 25.2 Å². The predicted molar refractivity (Wildman–Crippen MR) is 135 cm³/mol. The average molecular weight is 496 g/mol. The molecule has 9 nitrogen and oxygen atoms in total. The summed E-state index contributed by atoms with van der Waals surface area (Å²) in [5.74, 6) is -0.429. The number of ether oxygens (including phenoxy) is 2. The summed E-state index contributed by atoms with van der Waals surface area (Å²) in [7, 11) is 0. The quantitative estimate of drug-likeness (QED) is 0.147. The SMILES string of the molecule is [C-]#[N+]c1c(N=Nc2ccc(N(CC)CCOCCOC(=O)CCC(C)=O)cc2C)sc(C#N)c1C. The van der Waals surface area contributed by atoms with Crippen LogP contribution in [0, 0.1) is 31.8 Å². The Morgan fingerprint density at radius 1 is 1.20 bits per heavy atom. The summed E-state index contributed by atoms with van der Waals surface area (Å²) in [6.45, 7) is 16.9. The van der Waals surface area contributed by atoms with E-state index >= 15 is 0 Å². The summed E-state index contributed by atoms with van der Waals surface area (Å²) in [4.78, 5) is 28.5. The molecule has 0 atom stereocenters. The molecule has 2 rings (SSSR count). The Kier molecular flexibility index (Phi) is 11.0. The maximum Gasteiger partial charge on any atom is 0.306 e. The maximum atomic E-state index is 11.5. The van der Waals surface area contributed by atoms with Crippen LogP contribution in [-0.2, 0) is 19.1 Å². The average Bonchev–Trinajstić information content (AvgIpc) is 3.15. The molecule has 0 spiro atoms. The van der Waals surface area contributed by atoms with Gasteiger partial charge in [-0.3, -0.25) is 4.79 Å². The minimum atomic E-state index is -0.392. The fourth-order valence-corrected chi connectivity index (χ4v) is 4.02. The Morgan fingerprint density at radius 2 is 1.97 bits per heavy atom. The lowest BCUT2D eigenvalue weighted by Crippen LogP contribution is -2.27. The molecule has 184 valence electrons. The van der Waals surface area contributed by atoms with Gasteiger partial charge in [0.05, 0.1) is 36.8 Å². The number of anilines is 1. The summed E-state index contributed by atoms with van der Waals surface area (Å²) < 4.78 is 10.6. The van der Waals surface area contributed by atoms with E-state index in [0.717, 1.165) is 17.8 Å². The fourth-order valence-electron chi connectivity index (χ4n) is 3.15. The highest BCUT2D eigenvalue weighted by molar-refractivity contribution is 7.17. The van der Waals surface area contributed by atoms with Crippen molar-refractivity contribution >= 4 is 45.2 Å². The van der Waals surface area contributed by atoms with Gasteiger partial charge >= 0.3 is 5.97 Å². The fraction of sp³-hybridized carbons (Fsp3) is 0.440. The van der Waals surface area contributed by atoms with Gasteiger partial charge < -0.3 is 19.2 Å². The first-order valence-electron chi connectivity index (χ1n) is 11.2. The van der Waals surface area contributed by atoms with E-state index < -0.39 is 5.97 Å². The van der Waals surface area contributed by atoms with Crippen LogP contribution in [-0.4, -0.2) is 44.7 Å². The van der Waals surface area contributed by atoms with Crippen molar-refractivity contribution in [3.63, 3.8) is 0 Å². The van der Waals surface area contributed by atoms with E-state index in [1.807, 2.05) is 25.1 Å². The number of thiophene rings is 1. The molecule has 0 aliphatic rings. The standard InChI is InChI=1S/C25H29N5O4S/c1-6-30(11-12-33-13-14-34-23(32)10-7-18(3)31)20-8-9-21(17(2)15-20)28-29-25-24(27-5)19(4)22(16-26)35-25/h8-9,15H,6-7,10-14H2,1-4H3. The number of nitriles is 1. The first-order chi connectivity index (χ1) is 16.8. The number of carbonyl (C=O) groups excluding carboxylic acids is 2. The van der Waals surface area contributed by atoms with Gasteiger partial charge in [-0.1, -0.05) is 0 Å². The van der Waals surface area contributed by atoms with Crippen molar-refractivity contribution < 1.29 is 19.1 Å². The molecule has 0 bridgehead atoms. The Bertz CT molecular complexity index is 1160. The van der Waals surface area contributed by atoms with E-state index in [9.17, 15) is 14.9 Å². The molecule has 10 heteroatoms. The number of nitrogens with zero attached hydrogens (tertiary/aromatic N) is 5. The van der Waals surface area contributed by atoms with Crippen molar-refractivity contribution in [3.05, 3.63) is 45.6 Å². The summed E-state index contributed by atoms with van der Waals surface area (Å²) in [5.41, 5.74) is 3.64. The molecule has 0 saturated carbocycles. The second-order valence-corrected chi connectivity index (χ2v) is 8.72. The molecule has 2 aromatic rings. The molecule has 0 aliphatic heterocycles. The molecular formula is C25H29N5O4S. The zero-order chi connectivity index (χ0) is 25.8. The number of rotatable bonds is 13. The maximum absolute atomic E-state index is 11.5. The molecule has 1 aromatic carbocycles. The molecule has 0 aliphatic carbocycles. The van der Waals surface area contributed by atoms with E-state index in [2.05, 4.69) is 33.0 Å². The van der Waals surface area contributed by atoms with Crippen LogP contribution in [0.3, 0.4) is 0 Å². The van der Waals surface area contributed by atoms with Gasteiger partial charge in [0.15, 0.2) is 0 Å². The summed E-state index contributed by atoms with van der Waals surface area (Å²) in [6, 6.07) is 7.94. The number of aryl methyl sites for hydroxylation is 1. The minimum Gasteiger partial charge on any atom is -0.463 e. The van der Waals surface area contributed by atoms with E-state index in [1.165, 1.54) is 18.3 Å². The molecule has 1 heterocycles. The summed E-state index contributed by atoms with van der Waals surface area (Å²) in [5, 5.41) is 18.2. The van der Waals surface area contributed by atoms with Crippen LogP contribution >= 0.6 is 11.3 Å². The van der Waals surface area contributed by atoms with Crippen molar-refractivity contribution in [1.82, 2.24) is 0 Å². The summed E-state index contributed by atoms with van der Waals surface area (Å²) in [6.07, 6.45) is 0.297. The van der Waals surface area contributed by atoms with Crippen molar-refractivity contribution in [3.8, 4) is 6.07 Å². The van der Waals surface area contributed by atoms with Crippen molar-refractivity contribution in [2.24, 2.45) is 10.2 Å². The highest BCUT2D eigenvalue weighted by atomic mass is 32.1. The molecule has 0 radical (unpaired) electrons. The third-order valence-electron chi connectivity index (χ3n) is 5.16. The molecule has 0 fully saturated rings. The molecular weight excluding hydrogens is 466 g/mol. The number of azo groups is 1. The zero-order valence-electron chi connectivity index (χ0n) is 20.5. The van der Waals surface area contributed by atoms with Gasteiger partial charge in [0, 0.05) is 25.2 Å². The van der Waals surface area contributed by atoms with Crippen LogP contribution < -0.4 is 4.90 Å². The number of likely N-dealkylation sites (N-methyl/N-ethyl adjacent to an activating group) is 1. The Labute approximate surface area is 209 Å². The van der Waals surface area contributed by atoms with Crippen molar-refractivity contribution in [2.75, 3.05) is 37.8 Å². The van der Waals surface area contributed by atoms with Gasteiger partial charge in [0.2, 0.25) is 5.69 Å². The minimum absolute atomic E-state index is 0.0368. The van der Waals surface area contributed by atoms with E-state index in [1.54, 1.807) is 6.92 Å².